The molecule has 0 aromatic heterocycles. The molecule has 0 heterocycles. The second-order valence-corrected chi connectivity index (χ2v) is 7.21. The smallest absolute Gasteiger partial charge is 0.336 e. The van der Waals surface area contributed by atoms with Gasteiger partial charge in [-0.15, -0.1) is 0 Å². The molecule has 154 valence electrons. The molecule has 0 saturated carbocycles. The molecule has 3 aromatic carbocycles. The molecular formula is C25H17Cl2NO3. The minimum absolute atomic E-state index is 0.259. The Balaban J connectivity index is 1.78. The Morgan fingerprint density at radius 1 is 1.00 bits per heavy atom. The Kier molecular flexibility index (Phi) is 7.50. The van der Waals surface area contributed by atoms with Crippen molar-refractivity contribution in [2.75, 3.05) is 7.11 Å². The highest BCUT2D eigenvalue weighted by molar-refractivity contribution is 6.35. The van der Waals surface area contributed by atoms with Crippen molar-refractivity contribution in [2.45, 2.75) is 0 Å². The third-order valence-corrected chi connectivity index (χ3v) is 4.84. The van der Waals surface area contributed by atoms with E-state index in [-0.39, 0.29) is 5.75 Å². The van der Waals surface area contributed by atoms with Crippen LogP contribution < -0.4 is 9.47 Å². The van der Waals surface area contributed by atoms with Gasteiger partial charge in [0.05, 0.1) is 18.8 Å². The van der Waals surface area contributed by atoms with Gasteiger partial charge < -0.3 is 9.47 Å². The lowest BCUT2D eigenvalue weighted by Gasteiger charge is -2.09. The van der Waals surface area contributed by atoms with Crippen molar-refractivity contribution >= 4 is 46.9 Å². The summed E-state index contributed by atoms with van der Waals surface area (Å²) in [6, 6.07) is 21.6. The van der Waals surface area contributed by atoms with Crippen molar-refractivity contribution < 1.29 is 14.3 Å². The molecule has 31 heavy (non-hydrogen) atoms. The molecule has 3 rings (SSSR count). The van der Waals surface area contributed by atoms with E-state index < -0.39 is 5.97 Å². The number of esters is 1. The van der Waals surface area contributed by atoms with Gasteiger partial charge in [0.1, 0.15) is 0 Å². The molecular weight excluding hydrogens is 433 g/mol. The Labute approximate surface area is 190 Å². The maximum absolute atomic E-state index is 12.2. The number of halogens is 2. The van der Waals surface area contributed by atoms with Crippen LogP contribution >= 0.6 is 23.2 Å². The fraction of sp³-hybridized carbons (Fsp3) is 0.0400. The normalized spacial score (nSPS) is 11.2. The predicted octanol–water partition coefficient (Wildman–Crippen LogP) is 6.68. The number of hydrogen-bond donors (Lipinski definition) is 0. The first kappa shape index (κ1) is 22.2. The summed E-state index contributed by atoms with van der Waals surface area (Å²) >= 11 is 12.0. The number of benzene rings is 3. The van der Waals surface area contributed by atoms with Crippen LogP contribution in [0.1, 0.15) is 16.7 Å². The number of hydrogen-bond acceptors (Lipinski definition) is 4. The monoisotopic (exact) mass is 449 g/mol. The van der Waals surface area contributed by atoms with E-state index >= 15 is 0 Å². The molecule has 0 unspecified atom stereocenters. The third-order valence-electron chi connectivity index (χ3n) is 4.28. The molecule has 0 aliphatic carbocycles. The van der Waals surface area contributed by atoms with Crippen molar-refractivity contribution in [3.63, 3.8) is 0 Å². The maximum atomic E-state index is 12.2. The molecule has 0 radical (unpaired) electrons. The number of ether oxygens (including phenoxy) is 2. The molecule has 0 aliphatic rings. The maximum Gasteiger partial charge on any atom is 0.336 e. The van der Waals surface area contributed by atoms with Gasteiger partial charge in [-0.05, 0) is 53.1 Å². The van der Waals surface area contributed by atoms with Gasteiger partial charge in [-0.2, -0.15) is 5.26 Å². The summed E-state index contributed by atoms with van der Waals surface area (Å²) in [6.07, 6.45) is 4.56. The molecule has 0 fully saturated rings. The zero-order valence-corrected chi connectivity index (χ0v) is 18.0. The number of carbonyl (C=O) groups is 1. The van der Waals surface area contributed by atoms with Crippen LogP contribution in [0, 0.1) is 11.3 Å². The fourth-order valence-corrected chi connectivity index (χ4v) is 3.23. The molecule has 0 bridgehead atoms. The number of nitriles is 1. The Bertz CT molecular complexity index is 1200. The van der Waals surface area contributed by atoms with Crippen LogP contribution in [0.2, 0.25) is 10.0 Å². The van der Waals surface area contributed by atoms with E-state index in [4.69, 9.17) is 32.7 Å². The van der Waals surface area contributed by atoms with E-state index in [1.54, 1.807) is 48.6 Å². The summed E-state index contributed by atoms with van der Waals surface area (Å²) in [7, 11) is 1.48. The van der Waals surface area contributed by atoms with Gasteiger partial charge in [-0.1, -0.05) is 65.7 Å². The zero-order valence-electron chi connectivity index (χ0n) is 16.5. The topological polar surface area (TPSA) is 59.3 Å². The largest absolute Gasteiger partial charge is 0.493 e. The van der Waals surface area contributed by atoms with Crippen molar-refractivity contribution in [3.8, 4) is 17.6 Å². The average molecular weight is 450 g/mol. The van der Waals surface area contributed by atoms with E-state index in [1.807, 2.05) is 30.3 Å². The van der Waals surface area contributed by atoms with E-state index in [0.29, 0.717) is 26.9 Å². The second kappa shape index (κ2) is 10.5. The molecule has 0 atom stereocenters. The Morgan fingerprint density at radius 3 is 2.45 bits per heavy atom. The highest BCUT2D eigenvalue weighted by Crippen LogP contribution is 2.30. The SMILES string of the molecule is COc1cc(/C=C(/C#N)c2ccccc2)ccc1OC(=O)/C=C/c1ccc(Cl)cc1Cl. The predicted molar refractivity (Wildman–Crippen MR) is 124 cm³/mol. The molecule has 4 nitrogen and oxygen atoms in total. The molecule has 3 aromatic rings. The number of rotatable bonds is 6. The van der Waals surface area contributed by atoms with E-state index in [9.17, 15) is 10.1 Å². The average Bonchev–Trinajstić information content (AvgIpc) is 2.78. The van der Waals surface area contributed by atoms with Crippen LogP contribution in [0.5, 0.6) is 11.5 Å². The first-order valence-corrected chi connectivity index (χ1v) is 9.96. The van der Waals surface area contributed by atoms with Crippen molar-refractivity contribution in [1.82, 2.24) is 0 Å². The quantitative estimate of drug-likeness (QED) is 0.138. The summed E-state index contributed by atoms with van der Waals surface area (Å²) in [6.45, 7) is 0. The van der Waals surface area contributed by atoms with E-state index in [1.165, 1.54) is 13.2 Å². The van der Waals surface area contributed by atoms with Crippen LogP contribution in [0.15, 0.2) is 72.8 Å². The van der Waals surface area contributed by atoms with E-state index in [2.05, 4.69) is 6.07 Å². The minimum atomic E-state index is -0.588. The van der Waals surface area contributed by atoms with Gasteiger partial charge in [-0.3, -0.25) is 0 Å². The summed E-state index contributed by atoms with van der Waals surface area (Å²) < 4.78 is 10.7. The Hall–Kier alpha value is -3.52. The van der Waals surface area contributed by atoms with Crippen LogP contribution in [0.3, 0.4) is 0 Å². The van der Waals surface area contributed by atoms with Crippen LogP contribution in [0.4, 0.5) is 0 Å². The molecule has 0 N–H and O–H groups in total. The fourth-order valence-electron chi connectivity index (χ4n) is 2.76. The summed E-state index contributed by atoms with van der Waals surface area (Å²) in [5, 5.41) is 10.4. The first-order chi connectivity index (χ1) is 15.0. The van der Waals surface area contributed by atoms with Gasteiger partial charge in [0.25, 0.3) is 0 Å². The molecule has 0 saturated heterocycles. The van der Waals surface area contributed by atoms with Gasteiger partial charge in [0, 0.05) is 16.1 Å². The van der Waals surface area contributed by atoms with Crippen LogP contribution in [-0.4, -0.2) is 13.1 Å². The van der Waals surface area contributed by atoms with Gasteiger partial charge >= 0.3 is 5.97 Å². The number of carbonyl (C=O) groups excluding carboxylic acids is 1. The second-order valence-electron chi connectivity index (χ2n) is 6.37. The molecule has 6 heteroatoms. The number of allylic oxidation sites excluding steroid dienone is 1. The lowest BCUT2D eigenvalue weighted by Crippen LogP contribution is -2.05. The summed E-state index contributed by atoms with van der Waals surface area (Å²) in [5.74, 6) is 0.0368. The zero-order chi connectivity index (χ0) is 22.2. The first-order valence-electron chi connectivity index (χ1n) is 9.20. The number of nitrogens with zero attached hydrogens (tertiary/aromatic N) is 1. The van der Waals surface area contributed by atoms with Gasteiger partial charge in [0.2, 0.25) is 0 Å². The number of methoxy groups -OCH3 is 1. The highest BCUT2D eigenvalue weighted by atomic mass is 35.5. The van der Waals surface area contributed by atoms with Gasteiger partial charge in [-0.25, -0.2) is 4.79 Å². The van der Waals surface area contributed by atoms with Crippen molar-refractivity contribution in [1.29, 1.82) is 5.26 Å². The van der Waals surface area contributed by atoms with Crippen LogP contribution in [-0.2, 0) is 4.79 Å². The Morgan fingerprint density at radius 2 is 1.77 bits per heavy atom. The lowest BCUT2D eigenvalue weighted by molar-refractivity contribution is -0.129. The third kappa shape index (κ3) is 5.99. The van der Waals surface area contributed by atoms with E-state index in [0.717, 1.165) is 11.1 Å². The highest BCUT2D eigenvalue weighted by Gasteiger charge is 2.10. The van der Waals surface area contributed by atoms with Crippen LogP contribution in [0.25, 0.3) is 17.7 Å². The summed E-state index contributed by atoms with van der Waals surface area (Å²) in [5.41, 5.74) is 2.70. The van der Waals surface area contributed by atoms with Crippen molar-refractivity contribution in [2.24, 2.45) is 0 Å². The van der Waals surface area contributed by atoms with Gasteiger partial charge in [0.15, 0.2) is 11.5 Å². The molecule has 0 spiro atoms. The summed E-state index contributed by atoms with van der Waals surface area (Å²) in [4.78, 5) is 12.2. The minimum Gasteiger partial charge on any atom is -0.493 e. The standard InChI is InChI=1S/C25H17Cl2NO3/c1-30-24-14-17(13-20(16-28)18-5-3-2-4-6-18)7-11-23(24)31-25(29)12-9-19-8-10-21(26)15-22(19)27/h2-15H,1H3/b12-9+,20-13-. The lowest BCUT2D eigenvalue weighted by atomic mass is 10.0. The van der Waals surface area contributed by atoms with Crippen molar-refractivity contribution in [3.05, 3.63) is 99.5 Å². The molecule has 0 amide bonds. The molecule has 0 aliphatic heterocycles.